The molecule has 1 aliphatic heterocycles. The topological polar surface area (TPSA) is 51.0 Å². The number of benzene rings is 1. The second-order valence-corrected chi connectivity index (χ2v) is 6.26. The predicted molar refractivity (Wildman–Crippen MR) is 79.8 cm³/mol. The lowest BCUT2D eigenvalue weighted by Gasteiger charge is -2.04. The van der Waals surface area contributed by atoms with Gasteiger partial charge < -0.3 is 9.84 Å². The lowest BCUT2D eigenvalue weighted by atomic mass is 10.2. The Balaban J connectivity index is 1.54. The number of nitrogens with one attached hydrogen (secondary N) is 1. The van der Waals surface area contributed by atoms with Crippen LogP contribution in [0.2, 0.25) is 0 Å². The predicted octanol–water partition coefficient (Wildman–Crippen LogP) is 2.96. The van der Waals surface area contributed by atoms with Crippen molar-refractivity contribution in [2.24, 2.45) is 0 Å². The average Bonchev–Trinajstić information content (AvgIpc) is 3.09. The minimum atomic E-state index is 0.507. The SMILES string of the molecule is Cc1cccc(SCc2noc(CC3CCCN3)n2)c1. The third kappa shape index (κ3) is 3.61. The van der Waals surface area contributed by atoms with Gasteiger partial charge in [-0.15, -0.1) is 11.8 Å². The molecule has 2 aromatic rings. The molecule has 1 unspecified atom stereocenters. The fourth-order valence-corrected chi connectivity index (χ4v) is 3.28. The van der Waals surface area contributed by atoms with Crippen LogP contribution in [0.25, 0.3) is 0 Å². The number of hydrogen-bond acceptors (Lipinski definition) is 5. The first kappa shape index (κ1) is 13.6. The summed E-state index contributed by atoms with van der Waals surface area (Å²) in [7, 11) is 0. The molecular formula is C15H19N3OS. The first-order chi connectivity index (χ1) is 9.79. The van der Waals surface area contributed by atoms with Gasteiger partial charge in [-0.2, -0.15) is 4.98 Å². The molecule has 3 rings (SSSR count). The van der Waals surface area contributed by atoms with Gasteiger partial charge in [0.15, 0.2) is 5.82 Å². The van der Waals surface area contributed by atoms with Gasteiger partial charge in [0.2, 0.25) is 5.89 Å². The molecule has 1 N–H and O–H groups in total. The fraction of sp³-hybridized carbons (Fsp3) is 0.467. The summed E-state index contributed by atoms with van der Waals surface area (Å²) in [4.78, 5) is 5.72. The van der Waals surface area contributed by atoms with Crippen molar-refractivity contribution >= 4 is 11.8 Å². The van der Waals surface area contributed by atoms with Crippen LogP contribution in [0.1, 0.15) is 30.1 Å². The molecule has 2 heterocycles. The van der Waals surface area contributed by atoms with Gasteiger partial charge in [-0.05, 0) is 38.4 Å². The first-order valence-corrected chi connectivity index (χ1v) is 8.02. The number of hydrogen-bond donors (Lipinski definition) is 1. The molecule has 1 aromatic carbocycles. The van der Waals surface area contributed by atoms with Gasteiger partial charge in [-0.25, -0.2) is 0 Å². The van der Waals surface area contributed by atoms with Crippen molar-refractivity contribution in [3.63, 3.8) is 0 Å². The Morgan fingerprint density at radius 3 is 3.20 bits per heavy atom. The molecule has 0 aliphatic carbocycles. The second-order valence-electron chi connectivity index (χ2n) is 5.21. The van der Waals surface area contributed by atoms with E-state index < -0.39 is 0 Å². The van der Waals surface area contributed by atoms with E-state index in [1.54, 1.807) is 11.8 Å². The van der Waals surface area contributed by atoms with E-state index in [-0.39, 0.29) is 0 Å². The van der Waals surface area contributed by atoms with E-state index in [0.717, 1.165) is 30.4 Å². The molecular weight excluding hydrogens is 270 g/mol. The Kier molecular flexibility index (Phi) is 4.38. The van der Waals surface area contributed by atoms with E-state index in [1.165, 1.54) is 23.3 Å². The summed E-state index contributed by atoms with van der Waals surface area (Å²) in [6.45, 7) is 3.21. The third-order valence-corrected chi connectivity index (χ3v) is 4.44. The fourth-order valence-electron chi connectivity index (χ4n) is 2.43. The average molecular weight is 289 g/mol. The van der Waals surface area contributed by atoms with E-state index in [0.29, 0.717) is 6.04 Å². The van der Waals surface area contributed by atoms with Gasteiger partial charge >= 0.3 is 0 Å². The summed E-state index contributed by atoms with van der Waals surface area (Å²) >= 11 is 1.74. The highest BCUT2D eigenvalue weighted by atomic mass is 32.2. The van der Waals surface area contributed by atoms with Crippen LogP contribution in [0.3, 0.4) is 0 Å². The molecule has 1 aromatic heterocycles. The van der Waals surface area contributed by atoms with E-state index in [9.17, 15) is 0 Å². The van der Waals surface area contributed by atoms with Crippen molar-refractivity contribution < 1.29 is 4.52 Å². The smallest absolute Gasteiger partial charge is 0.228 e. The molecule has 0 radical (unpaired) electrons. The summed E-state index contributed by atoms with van der Waals surface area (Å²) in [5, 5.41) is 7.51. The molecule has 1 saturated heterocycles. The van der Waals surface area contributed by atoms with Crippen LogP contribution in [-0.2, 0) is 12.2 Å². The quantitative estimate of drug-likeness (QED) is 0.858. The van der Waals surface area contributed by atoms with E-state index in [2.05, 4.69) is 46.6 Å². The van der Waals surface area contributed by atoms with Crippen LogP contribution in [0.4, 0.5) is 0 Å². The lowest BCUT2D eigenvalue weighted by Crippen LogP contribution is -2.23. The lowest BCUT2D eigenvalue weighted by molar-refractivity contribution is 0.361. The summed E-state index contributed by atoms with van der Waals surface area (Å²) in [5.74, 6) is 2.29. The van der Waals surface area contributed by atoms with Crippen LogP contribution >= 0.6 is 11.8 Å². The van der Waals surface area contributed by atoms with Crippen LogP contribution in [0.15, 0.2) is 33.7 Å². The zero-order valence-electron chi connectivity index (χ0n) is 11.6. The Bertz CT molecular complexity index is 564. The maximum Gasteiger partial charge on any atom is 0.228 e. The number of thioether (sulfide) groups is 1. The van der Waals surface area contributed by atoms with Crippen LogP contribution in [0.5, 0.6) is 0 Å². The molecule has 0 amide bonds. The Morgan fingerprint density at radius 2 is 2.40 bits per heavy atom. The minimum absolute atomic E-state index is 0.507. The van der Waals surface area contributed by atoms with Crippen LogP contribution < -0.4 is 5.32 Å². The third-order valence-electron chi connectivity index (χ3n) is 3.45. The summed E-state index contributed by atoms with van der Waals surface area (Å²) in [5.41, 5.74) is 1.27. The maximum atomic E-state index is 5.32. The highest BCUT2D eigenvalue weighted by Gasteiger charge is 2.18. The number of nitrogens with zero attached hydrogens (tertiary/aromatic N) is 2. The standard InChI is InChI=1S/C15H19N3OS/c1-11-4-2-6-13(8-11)20-10-14-17-15(19-18-14)9-12-5-3-7-16-12/h2,4,6,8,12,16H,3,5,7,9-10H2,1H3. The van der Waals surface area contributed by atoms with Crippen molar-refractivity contribution in [3.8, 4) is 0 Å². The van der Waals surface area contributed by atoms with Crippen molar-refractivity contribution in [2.75, 3.05) is 6.54 Å². The number of aromatic nitrogens is 2. The van der Waals surface area contributed by atoms with Crippen LogP contribution in [0, 0.1) is 6.92 Å². The van der Waals surface area contributed by atoms with Crippen molar-refractivity contribution in [1.82, 2.24) is 15.5 Å². The van der Waals surface area contributed by atoms with E-state index >= 15 is 0 Å². The van der Waals surface area contributed by atoms with Crippen molar-refractivity contribution in [2.45, 2.75) is 42.9 Å². The number of rotatable bonds is 5. The second kappa shape index (κ2) is 6.41. The molecule has 4 nitrogen and oxygen atoms in total. The van der Waals surface area contributed by atoms with Gasteiger partial charge in [0.05, 0.1) is 5.75 Å². The van der Waals surface area contributed by atoms with Crippen LogP contribution in [-0.4, -0.2) is 22.7 Å². The normalized spacial score (nSPS) is 18.6. The summed E-state index contributed by atoms with van der Waals surface area (Å²) in [6.07, 6.45) is 3.30. The van der Waals surface area contributed by atoms with Crippen molar-refractivity contribution in [1.29, 1.82) is 0 Å². The highest BCUT2D eigenvalue weighted by Crippen LogP contribution is 2.22. The molecule has 20 heavy (non-hydrogen) atoms. The molecule has 0 spiro atoms. The zero-order valence-corrected chi connectivity index (χ0v) is 12.4. The van der Waals surface area contributed by atoms with E-state index in [1.807, 2.05) is 0 Å². The Labute approximate surface area is 123 Å². The first-order valence-electron chi connectivity index (χ1n) is 7.04. The minimum Gasteiger partial charge on any atom is -0.339 e. The zero-order chi connectivity index (χ0) is 13.8. The van der Waals surface area contributed by atoms with Gasteiger partial charge in [0, 0.05) is 17.4 Å². The van der Waals surface area contributed by atoms with Crippen molar-refractivity contribution in [3.05, 3.63) is 41.5 Å². The highest BCUT2D eigenvalue weighted by molar-refractivity contribution is 7.98. The number of aryl methyl sites for hydroxylation is 1. The largest absolute Gasteiger partial charge is 0.339 e. The summed E-state index contributed by atoms with van der Waals surface area (Å²) in [6, 6.07) is 8.97. The van der Waals surface area contributed by atoms with Gasteiger partial charge in [-0.1, -0.05) is 22.9 Å². The Hall–Kier alpha value is -1.33. The monoisotopic (exact) mass is 289 g/mol. The molecule has 0 bridgehead atoms. The molecule has 1 aliphatic rings. The van der Waals surface area contributed by atoms with Gasteiger partial charge in [0.1, 0.15) is 0 Å². The Morgan fingerprint density at radius 1 is 1.45 bits per heavy atom. The molecule has 0 saturated carbocycles. The maximum absolute atomic E-state index is 5.32. The summed E-state index contributed by atoms with van der Waals surface area (Å²) < 4.78 is 5.32. The van der Waals surface area contributed by atoms with Gasteiger partial charge in [-0.3, -0.25) is 0 Å². The molecule has 5 heteroatoms. The van der Waals surface area contributed by atoms with Gasteiger partial charge in [0.25, 0.3) is 0 Å². The molecule has 1 fully saturated rings. The molecule has 1 atom stereocenters. The van der Waals surface area contributed by atoms with E-state index in [4.69, 9.17) is 4.52 Å². The molecule has 106 valence electrons.